The predicted molar refractivity (Wildman–Crippen MR) is 81.3 cm³/mol. The fourth-order valence-corrected chi connectivity index (χ4v) is 3.54. The third-order valence-electron chi connectivity index (χ3n) is 4.84. The molecule has 1 aliphatic carbocycles. The Labute approximate surface area is 122 Å². The van der Waals surface area contributed by atoms with Crippen LogP contribution in [0, 0.1) is 0 Å². The van der Waals surface area contributed by atoms with Gasteiger partial charge in [-0.3, -0.25) is 0 Å². The van der Waals surface area contributed by atoms with Crippen molar-refractivity contribution < 1.29 is 9.47 Å². The summed E-state index contributed by atoms with van der Waals surface area (Å²) in [6, 6.07) is 8.48. The molecular weight excluding hydrogens is 248 g/mol. The molecular formula is C18H26O2. The Balaban J connectivity index is 1.50. The second kappa shape index (κ2) is 5.77. The summed E-state index contributed by atoms with van der Waals surface area (Å²) in [4.78, 5) is 0. The van der Waals surface area contributed by atoms with E-state index in [2.05, 4.69) is 38.1 Å². The lowest BCUT2D eigenvalue weighted by molar-refractivity contribution is -0.0508. The van der Waals surface area contributed by atoms with Crippen LogP contribution in [-0.2, 0) is 4.74 Å². The zero-order valence-corrected chi connectivity index (χ0v) is 12.7. The highest BCUT2D eigenvalue weighted by atomic mass is 16.6. The molecule has 1 saturated heterocycles. The number of hydrogen-bond acceptors (Lipinski definition) is 2. The van der Waals surface area contributed by atoms with Crippen molar-refractivity contribution in [1.29, 1.82) is 0 Å². The molecule has 0 N–H and O–H groups in total. The van der Waals surface area contributed by atoms with E-state index in [4.69, 9.17) is 9.47 Å². The van der Waals surface area contributed by atoms with Gasteiger partial charge < -0.3 is 9.47 Å². The fourth-order valence-electron chi connectivity index (χ4n) is 3.54. The molecule has 1 aliphatic heterocycles. The second-order valence-electron chi connectivity index (χ2n) is 6.70. The van der Waals surface area contributed by atoms with E-state index < -0.39 is 0 Å². The normalized spacial score (nSPS) is 24.6. The molecule has 0 bridgehead atoms. The van der Waals surface area contributed by atoms with Gasteiger partial charge in [-0.25, -0.2) is 0 Å². The molecule has 1 aromatic rings. The van der Waals surface area contributed by atoms with Gasteiger partial charge in [0.15, 0.2) is 0 Å². The Kier molecular flexibility index (Phi) is 4.02. The second-order valence-corrected chi connectivity index (χ2v) is 6.70. The van der Waals surface area contributed by atoms with E-state index in [9.17, 15) is 0 Å². The summed E-state index contributed by atoms with van der Waals surface area (Å²) in [7, 11) is 0. The summed E-state index contributed by atoms with van der Waals surface area (Å²) in [6.07, 6.45) is 7.86. The van der Waals surface area contributed by atoms with Crippen molar-refractivity contribution in [3.8, 4) is 5.75 Å². The van der Waals surface area contributed by atoms with E-state index in [0.29, 0.717) is 12.5 Å². The predicted octanol–water partition coefficient (Wildman–Crippen LogP) is 4.68. The summed E-state index contributed by atoms with van der Waals surface area (Å²) < 4.78 is 12.2. The van der Waals surface area contributed by atoms with Gasteiger partial charge in [0.2, 0.25) is 0 Å². The Morgan fingerprint density at radius 2 is 1.85 bits per heavy atom. The topological polar surface area (TPSA) is 18.5 Å². The molecule has 2 aliphatic rings. The van der Waals surface area contributed by atoms with Crippen LogP contribution in [0.15, 0.2) is 24.3 Å². The van der Waals surface area contributed by atoms with Gasteiger partial charge in [0.25, 0.3) is 0 Å². The first-order valence-corrected chi connectivity index (χ1v) is 8.07. The Morgan fingerprint density at radius 1 is 1.15 bits per heavy atom. The molecule has 3 rings (SSSR count). The monoisotopic (exact) mass is 274 g/mol. The highest BCUT2D eigenvalue weighted by Crippen LogP contribution is 2.43. The van der Waals surface area contributed by atoms with Gasteiger partial charge in [-0.15, -0.1) is 0 Å². The van der Waals surface area contributed by atoms with E-state index in [1.54, 1.807) is 0 Å². The van der Waals surface area contributed by atoms with Crippen molar-refractivity contribution in [3.05, 3.63) is 29.8 Å². The lowest BCUT2D eigenvalue weighted by Gasteiger charge is -2.23. The van der Waals surface area contributed by atoms with E-state index in [0.717, 1.165) is 12.2 Å². The van der Waals surface area contributed by atoms with Gasteiger partial charge in [0.05, 0.1) is 11.7 Å². The van der Waals surface area contributed by atoms with E-state index >= 15 is 0 Å². The van der Waals surface area contributed by atoms with Crippen molar-refractivity contribution >= 4 is 0 Å². The van der Waals surface area contributed by atoms with E-state index in [-0.39, 0.29) is 11.7 Å². The van der Waals surface area contributed by atoms with Crippen LogP contribution in [0.4, 0.5) is 0 Å². The maximum absolute atomic E-state index is 6.27. The summed E-state index contributed by atoms with van der Waals surface area (Å²) in [5.74, 6) is 1.54. The first kappa shape index (κ1) is 13.9. The standard InChI is InChI=1S/C18H26O2/c1-14(2)15-5-7-16(8-6-15)19-13-17-9-12-18(20-17)10-3-4-11-18/h5-8,14,17H,3-4,9-13H2,1-2H3. The summed E-state index contributed by atoms with van der Waals surface area (Å²) in [5, 5.41) is 0. The molecule has 1 heterocycles. The Hall–Kier alpha value is -1.02. The number of hydrogen-bond donors (Lipinski definition) is 0. The molecule has 0 radical (unpaired) electrons. The van der Waals surface area contributed by atoms with Crippen LogP contribution < -0.4 is 4.74 Å². The number of rotatable bonds is 4. The van der Waals surface area contributed by atoms with Crippen LogP contribution >= 0.6 is 0 Å². The van der Waals surface area contributed by atoms with Crippen molar-refractivity contribution in [3.63, 3.8) is 0 Å². The minimum absolute atomic E-state index is 0.218. The maximum atomic E-state index is 6.27. The summed E-state index contributed by atoms with van der Waals surface area (Å²) >= 11 is 0. The molecule has 1 atom stereocenters. The molecule has 1 saturated carbocycles. The third kappa shape index (κ3) is 3.01. The average molecular weight is 274 g/mol. The largest absolute Gasteiger partial charge is 0.491 e. The first-order valence-electron chi connectivity index (χ1n) is 8.07. The third-order valence-corrected chi connectivity index (χ3v) is 4.84. The molecule has 2 fully saturated rings. The quantitative estimate of drug-likeness (QED) is 0.793. The first-order chi connectivity index (χ1) is 9.67. The Bertz CT molecular complexity index is 429. The lowest BCUT2D eigenvalue weighted by atomic mass is 9.98. The minimum Gasteiger partial charge on any atom is -0.491 e. The zero-order chi connectivity index (χ0) is 14.0. The van der Waals surface area contributed by atoms with Gasteiger partial charge in [0, 0.05) is 0 Å². The van der Waals surface area contributed by atoms with Gasteiger partial charge in [0.1, 0.15) is 12.4 Å². The van der Waals surface area contributed by atoms with Gasteiger partial charge in [-0.05, 0) is 49.3 Å². The zero-order valence-electron chi connectivity index (χ0n) is 12.7. The average Bonchev–Trinajstić information content (AvgIpc) is 3.08. The molecule has 0 amide bonds. The molecule has 0 aromatic heterocycles. The van der Waals surface area contributed by atoms with Crippen molar-refractivity contribution in [2.45, 2.75) is 70.0 Å². The van der Waals surface area contributed by atoms with Crippen LogP contribution in [0.2, 0.25) is 0 Å². The van der Waals surface area contributed by atoms with Gasteiger partial charge >= 0.3 is 0 Å². The van der Waals surface area contributed by atoms with Crippen LogP contribution in [0.1, 0.15) is 63.9 Å². The smallest absolute Gasteiger partial charge is 0.119 e. The van der Waals surface area contributed by atoms with Crippen molar-refractivity contribution in [2.75, 3.05) is 6.61 Å². The molecule has 1 aromatic carbocycles. The van der Waals surface area contributed by atoms with Crippen LogP contribution in [0.3, 0.4) is 0 Å². The SMILES string of the molecule is CC(C)c1ccc(OCC2CCC3(CCCC3)O2)cc1. The highest BCUT2D eigenvalue weighted by Gasteiger charge is 2.42. The van der Waals surface area contributed by atoms with Gasteiger partial charge in [-0.2, -0.15) is 0 Å². The van der Waals surface area contributed by atoms with Crippen LogP contribution in [0.5, 0.6) is 5.75 Å². The number of benzene rings is 1. The van der Waals surface area contributed by atoms with Crippen molar-refractivity contribution in [1.82, 2.24) is 0 Å². The minimum atomic E-state index is 0.218. The van der Waals surface area contributed by atoms with E-state index in [1.165, 1.54) is 37.7 Å². The van der Waals surface area contributed by atoms with Crippen LogP contribution in [-0.4, -0.2) is 18.3 Å². The summed E-state index contributed by atoms with van der Waals surface area (Å²) in [5.41, 5.74) is 1.58. The lowest BCUT2D eigenvalue weighted by Crippen LogP contribution is -2.27. The molecule has 20 heavy (non-hydrogen) atoms. The molecule has 1 unspecified atom stereocenters. The maximum Gasteiger partial charge on any atom is 0.119 e. The fraction of sp³-hybridized carbons (Fsp3) is 0.667. The Morgan fingerprint density at radius 3 is 2.50 bits per heavy atom. The number of ether oxygens (including phenoxy) is 2. The van der Waals surface area contributed by atoms with Crippen LogP contribution in [0.25, 0.3) is 0 Å². The molecule has 1 spiro atoms. The molecule has 2 nitrogen and oxygen atoms in total. The molecule has 2 heteroatoms. The van der Waals surface area contributed by atoms with Crippen molar-refractivity contribution in [2.24, 2.45) is 0 Å². The highest BCUT2D eigenvalue weighted by molar-refractivity contribution is 5.28. The van der Waals surface area contributed by atoms with E-state index in [1.807, 2.05) is 0 Å². The molecule has 110 valence electrons. The van der Waals surface area contributed by atoms with Gasteiger partial charge in [-0.1, -0.05) is 38.8 Å². The summed E-state index contributed by atoms with van der Waals surface area (Å²) in [6.45, 7) is 5.12.